The lowest BCUT2D eigenvalue weighted by molar-refractivity contribution is -0.125. The number of amides is 1. The fourth-order valence-corrected chi connectivity index (χ4v) is 1.98. The summed E-state index contributed by atoms with van der Waals surface area (Å²) in [5, 5.41) is 12.8. The maximum absolute atomic E-state index is 11.7. The smallest absolute Gasteiger partial charge is 0.223 e. The van der Waals surface area contributed by atoms with Crippen LogP contribution in [-0.4, -0.2) is 17.6 Å². The molecule has 0 aliphatic heterocycles. The molecule has 0 aliphatic carbocycles. The van der Waals surface area contributed by atoms with Crippen LogP contribution >= 0.6 is 0 Å². The van der Waals surface area contributed by atoms with Gasteiger partial charge >= 0.3 is 0 Å². The molecule has 1 unspecified atom stereocenters. The lowest BCUT2D eigenvalue weighted by Crippen LogP contribution is -2.31. The summed E-state index contributed by atoms with van der Waals surface area (Å²) in [6.45, 7) is 4.56. The zero-order chi connectivity index (χ0) is 13.4. The quantitative estimate of drug-likeness (QED) is 0.780. The van der Waals surface area contributed by atoms with Crippen LogP contribution in [0.25, 0.3) is 0 Å². The third kappa shape index (κ3) is 4.49. The minimum atomic E-state index is -0.506. The standard InChI is InChI=1S/C15H23NO2/c1-3-12(4-2)15(18)16-11-10-14(17)13-8-6-5-7-9-13/h5-9,12,14,17H,3-4,10-11H2,1-2H3,(H,16,18). The minimum absolute atomic E-state index is 0.0962. The van der Waals surface area contributed by atoms with E-state index in [1.165, 1.54) is 0 Å². The van der Waals surface area contributed by atoms with Crippen molar-refractivity contribution in [1.29, 1.82) is 0 Å². The summed E-state index contributed by atoms with van der Waals surface area (Å²) >= 11 is 0. The summed E-state index contributed by atoms with van der Waals surface area (Å²) in [6, 6.07) is 9.52. The number of carbonyl (C=O) groups is 1. The van der Waals surface area contributed by atoms with Crippen LogP contribution in [0.4, 0.5) is 0 Å². The normalized spacial score (nSPS) is 12.4. The van der Waals surface area contributed by atoms with Gasteiger partial charge in [0.2, 0.25) is 5.91 Å². The minimum Gasteiger partial charge on any atom is -0.388 e. The maximum atomic E-state index is 11.7. The van der Waals surface area contributed by atoms with Crippen LogP contribution in [0.2, 0.25) is 0 Å². The summed E-state index contributed by atoms with van der Waals surface area (Å²) in [4.78, 5) is 11.7. The third-order valence-electron chi connectivity index (χ3n) is 3.26. The molecule has 0 saturated heterocycles. The van der Waals surface area contributed by atoms with E-state index in [0.717, 1.165) is 18.4 Å². The van der Waals surface area contributed by atoms with Crippen molar-refractivity contribution in [2.75, 3.05) is 6.54 Å². The largest absolute Gasteiger partial charge is 0.388 e. The molecule has 1 aromatic carbocycles. The molecule has 0 fully saturated rings. The third-order valence-corrected chi connectivity index (χ3v) is 3.26. The molecule has 3 heteroatoms. The average molecular weight is 249 g/mol. The van der Waals surface area contributed by atoms with Crippen molar-refractivity contribution in [3.8, 4) is 0 Å². The Labute approximate surface area is 109 Å². The average Bonchev–Trinajstić information content (AvgIpc) is 2.41. The molecule has 1 aromatic rings. The van der Waals surface area contributed by atoms with E-state index >= 15 is 0 Å². The van der Waals surface area contributed by atoms with Gasteiger partial charge in [0.1, 0.15) is 0 Å². The van der Waals surface area contributed by atoms with Gasteiger partial charge in [-0.05, 0) is 24.8 Å². The predicted octanol–water partition coefficient (Wildman–Crippen LogP) is 2.66. The Morgan fingerprint density at radius 3 is 2.39 bits per heavy atom. The molecule has 2 N–H and O–H groups in total. The van der Waals surface area contributed by atoms with E-state index in [1.807, 2.05) is 44.2 Å². The molecule has 0 spiro atoms. The van der Waals surface area contributed by atoms with Crippen molar-refractivity contribution in [3.63, 3.8) is 0 Å². The van der Waals surface area contributed by atoms with Crippen LogP contribution in [0.15, 0.2) is 30.3 Å². The molecule has 0 saturated carbocycles. The Balaban J connectivity index is 2.32. The number of aliphatic hydroxyl groups is 1. The summed E-state index contributed by atoms with van der Waals surface area (Å²) in [5.41, 5.74) is 0.897. The van der Waals surface area contributed by atoms with E-state index in [0.29, 0.717) is 13.0 Å². The zero-order valence-corrected chi connectivity index (χ0v) is 11.2. The number of benzene rings is 1. The van der Waals surface area contributed by atoms with Crippen molar-refractivity contribution in [3.05, 3.63) is 35.9 Å². The molecule has 100 valence electrons. The SMILES string of the molecule is CCC(CC)C(=O)NCCC(O)c1ccccc1. The summed E-state index contributed by atoms with van der Waals surface area (Å²) in [6.07, 6.45) is 1.77. The van der Waals surface area contributed by atoms with Gasteiger partial charge in [0, 0.05) is 12.5 Å². The van der Waals surface area contributed by atoms with Gasteiger partial charge in [-0.15, -0.1) is 0 Å². The van der Waals surface area contributed by atoms with Crippen LogP contribution in [0.3, 0.4) is 0 Å². The van der Waals surface area contributed by atoms with Crippen molar-refractivity contribution in [2.45, 2.75) is 39.2 Å². The molecule has 1 rings (SSSR count). The van der Waals surface area contributed by atoms with E-state index in [1.54, 1.807) is 0 Å². The van der Waals surface area contributed by atoms with Crippen molar-refractivity contribution >= 4 is 5.91 Å². The molecule has 1 atom stereocenters. The molecule has 0 aliphatic rings. The molecule has 3 nitrogen and oxygen atoms in total. The maximum Gasteiger partial charge on any atom is 0.223 e. The first-order valence-electron chi connectivity index (χ1n) is 6.69. The zero-order valence-electron chi connectivity index (χ0n) is 11.2. The number of hydrogen-bond acceptors (Lipinski definition) is 2. The van der Waals surface area contributed by atoms with E-state index in [-0.39, 0.29) is 11.8 Å². The Bertz CT molecular complexity index is 347. The topological polar surface area (TPSA) is 49.3 Å². The molecule has 0 heterocycles. The van der Waals surface area contributed by atoms with Gasteiger partial charge in [0.15, 0.2) is 0 Å². The highest BCUT2D eigenvalue weighted by Gasteiger charge is 2.14. The monoisotopic (exact) mass is 249 g/mol. The van der Waals surface area contributed by atoms with Gasteiger partial charge in [0.05, 0.1) is 6.10 Å². The first kappa shape index (κ1) is 14.7. The number of carbonyl (C=O) groups excluding carboxylic acids is 1. The highest BCUT2D eigenvalue weighted by Crippen LogP contribution is 2.15. The van der Waals surface area contributed by atoms with Gasteiger partial charge in [-0.1, -0.05) is 44.2 Å². The molecular formula is C15H23NO2. The second-order valence-electron chi connectivity index (χ2n) is 4.52. The van der Waals surface area contributed by atoms with E-state index in [4.69, 9.17) is 0 Å². The van der Waals surface area contributed by atoms with Gasteiger partial charge in [0.25, 0.3) is 0 Å². The van der Waals surface area contributed by atoms with Crippen LogP contribution in [0.1, 0.15) is 44.8 Å². The van der Waals surface area contributed by atoms with Crippen molar-refractivity contribution < 1.29 is 9.90 Å². The Hall–Kier alpha value is -1.35. The number of aliphatic hydroxyl groups excluding tert-OH is 1. The van der Waals surface area contributed by atoms with E-state index < -0.39 is 6.10 Å². The molecule has 1 amide bonds. The molecule has 0 radical (unpaired) electrons. The fraction of sp³-hybridized carbons (Fsp3) is 0.533. The van der Waals surface area contributed by atoms with Crippen LogP contribution < -0.4 is 5.32 Å². The van der Waals surface area contributed by atoms with Crippen molar-refractivity contribution in [1.82, 2.24) is 5.32 Å². The number of hydrogen-bond donors (Lipinski definition) is 2. The highest BCUT2D eigenvalue weighted by molar-refractivity contribution is 5.78. The first-order chi connectivity index (χ1) is 8.69. The van der Waals surface area contributed by atoms with E-state index in [9.17, 15) is 9.90 Å². The van der Waals surface area contributed by atoms with Gasteiger partial charge < -0.3 is 10.4 Å². The van der Waals surface area contributed by atoms with Crippen LogP contribution in [-0.2, 0) is 4.79 Å². The predicted molar refractivity (Wildman–Crippen MR) is 73.1 cm³/mol. The first-order valence-corrected chi connectivity index (χ1v) is 6.69. The summed E-state index contributed by atoms with van der Waals surface area (Å²) < 4.78 is 0. The molecule has 0 aromatic heterocycles. The Morgan fingerprint density at radius 2 is 1.83 bits per heavy atom. The lowest BCUT2D eigenvalue weighted by atomic mass is 10.0. The molecule has 0 bridgehead atoms. The Morgan fingerprint density at radius 1 is 1.22 bits per heavy atom. The van der Waals surface area contributed by atoms with Crippen molar-refractivity contribution in [2.24, 2.45) is 5.92 Å². The van der Waals surface area contributed by atoms with Gasteiger partial charge in [-0.25, -0.2) is 0 Å². The van der Waals surface area contributed by atoms with Crippen LogP contribution in [0, 0.1) is 5.92 Å². The highest BCUT2D eigenvalue weighted by atomic mass is 16.3. The fourth-order valence-electron chi connectivity index (χ4n) is 1.98. The summed E-state index contributed by atoms with van der Waals surface area (Å²) in [7, 11) is 0. The second-order valence-corrected chi connectivity index (χ2v) is 4.52. The molecule has 18 heavy (non-hydrogen) atoms. The summed E-state index contributed by atoms with van der Waals surface area (Å²) in [5.74, 6) is 0.194. The van der Waals surface area contributed by atoms with Crippen LogP contribution in [0.5, 0.6) is 0 Å². The Kier molecular flexibility index (Phi) is 6.44. The lowest BCUT2D eigenvalue weighted by Gasteiger charge is -2.15. The second kappa shape index (κ2) is 7.88. The van der Waals surface area contributed by atoms with E-state index in [2.05, 4.69) is 5.32 Å². The van der Waals surface area contributed by atoms with Gasteiger partial charge in [-0.2, -0.15) is 0 Å². The van der Waals surface area contributed by atoms with Gasteiger partial charge in [-0.3, -0.25) is 4.79 Å². The molecular weight excluding hydrogens is 226 g/mol. The number of nitrogens with one attached hydrogen (secondary N) is 1. The number of rotatable bonds is 7.